The fourth-order valence-corrected chi connectivity index (χ4v) is 2.41. The van der Waals surface area contributed by atoms with Crippen LogP contribution in [0.15, 0.2) is 24.3 Å². The van der Waals surface area contributed by atoms with Gasteiger partial charge in [-0.25, -0.2) is 0 Å². The van der Waals surface area contributed by atoms with Gasteiger partial charge in [-0.3, -0.25) is 4.79 Å². The van der Waals surface area contributed by atoms with E-state index in [4.69, 9.17) is 0 Å². The molecule has 1 aliphatic rings. The van der Waals surface area contributed by atoms with Crippen LogP contribution in [0.2, 0.25) is 0 Å². The van der Waals surface area contributed by atoms with E-state index in [0.717, 1.165) is 30.4 Å². The summed E-state index contributed by atoms with van der Waals surface area (Å²) in [7, 11) is 0. The van der Waals surface area contributed by atoms with Crippen LogP contribution in [-0.4, -0.2) is 23.9 Å². The van der Waals surface area contributed by atoms with Gasteiger partial charge in [0.2, 0.25) is 0 Å². The molecule has 3 heteroatoms. The van der Waals surface area contributed by atoms with Crippen molar-refractivity contribution >= 4 is 21.8 Å². The van der Waals surface area contributed by atoms with Gasteiger partial charge in [0.05, 0.1) is 0 Å². The quantitative estimate of drug-likeness (QED) is 0.763. The van der Waals surface area contributed by atoms with Crippen LogP contribution in [-0.2, 0) is 5.33 Å². The second kappa shape index (κ2) is 5.00. The van der Waals surface area contributed by atoms with E-state index >= 15 is 0 Å². The minimum Gasteiger partial charge on any atom is -0.338 e. The minimum atomic E-state index is 0.172. The van der Waals surface area contributed by atoms with E-state index in [1.165, 1.54) is 5.56 Å². The Balaban J connectivity index is 2.08. The van der Waals surface area contributed by atoms with E-state index in [1.54, 1.807) is 0 Å². The summed E-state index contributed by atoms with van der Waals surface area (Å²) in [5.74, 6) is 0.816. The van der Waals surface area contributed by atoms with E-state index < -0.39 is 0 Å². The van der Waals surface area contributed by atoms with E-state index in [2.05, 4.69) is 22.9 Å². The molecule has 0 spiro atoms. The highest BCUT2D eigenvalue weighted by Gasteiger charge is 2.23. The predicted molar refractivity (Wildman–Crippen MR) is 68.8 cm³/mol. The zero-order valence-corrected chi connectivity index (χ0v) is 11.0. The Labute approximate surface area is 105 Å². The molecule has 1 heterocycles. The molecule has 2 rings (SSSR count). The Morgan fingerprint density at radius 1 is 1.44 bits per heavy atom. The van der Waals surface area contributed by atoms with E-state index in [9.17, 15) is 4.79 Å². The lowest BCUT2D eigenvalue weighted by Crippen LogP contribution is -2.28. The monoisotopic (exact) mass is 281 g/mol. The van der Waals surface area contributed by atoms with E-state index in [1.807, 2.05) is 29.2 Å². The topological polar surface area (TPSA) is 20.3 Å². The van der Waals surface area contributed by atoms with Crippen LogP contribution < -0.4 is 0 Å². The lowest BCUT2D eigenvalue weighted by Gasteiger charge is -2.15. The number of amides is 1. The lowest BCUT2D eigenvalue weighted by atomic mass is 10.1. The van der Waals surface area contributed by atoms with Gasteiger partial charge >= 0.3 is 0 Å². The molecule has 1 aromatic rings. The second-order valence-corrected chi connectivity index (χ2v) is 5.04. The first-order valence-corrected chi connectivity index (χ1v) is 6.77. The van der Waals surface area contributed by atoms with Crippen LogP contribution in [0.1, 0.15) is 29.3 Å². The molecule has 0 radical (unpaired) electrons. The van der Waals surface area contributed by atoms with Crippen molar-refractivity contribution in [3.05, 3.63) is 35.4 Å². The number of carbonyl (C=O) groups excluding carboxylic acids is 1. The van der Waals surface area contributed by atoms with Crippen molar-refractivity contribution in [2.24, 2.45) is 5.92 Å². The highest BCUT2D eigenvalue weighted by atomic mass is 79.9. The first-order valence-electron chi connectivity index (χ1n) is 5.65. The molecule has 1 saturated heterocycles. The van der Waals surface area contributed by atoms with Crippen LogP contribution in [0.3, 0.4) is 0 Å². The first kappa shape index (κ1) is 11.6. The van der Waals surface area contributed by atoms with Crippen LogP contribution in [0.4, 0.5) is 0 Å². The number of hydrogen-bond donors (Lipinski definition) is 0. The van der Waals surface area contributed by atoms with Crippen molar-refractivity contribution in [3.63, 3.8) is 0 Å². The highest BCUT2D eigenvalue weighted by Crippen LogP contribution is 2.18. The maximum Gasteiger partial charge on any atom is 0.253 e. The molecule has 1 aliphatic heterocycles. The number of alkyl halides is 1. The SMILES string of the molecule is CC1CCN(C(=O)c2ccc(CBr)cc2)C1. The lowest BCUT2D eigenvalue weighted by molar-refractivity contribution is 0.0788. The molecular weight excluding hydrogens is 266 g/mol. The summed E-state index contributed by atoms with van der Waals surface area (Å²) in [5, 5.41) is 0.836. The summed E-state index contributed by atoms with van der Waals surface area (Å²) < 4.78 is 0. The number of halogens is 1. The Bertz CT molecular complexity index is 374. The molecular formula is C13H16BrNO. The molecule has 1 aromatic carbocycles. The first-order chi connectivity index (χ1) is 7.70. The molecule has 0 N–H and O–H groups in total. The summed E-state index contributed by atoms with van der Waals surface area (Å²) in [6, 6.07) is 7.84. The van der Waals surface area contributed by atoms with Crippen LogP contribution >= 0.6 is 15.9 Å². The Morgan fingerprint density at radius 2 is 2.12 bits per heavy atom. The smallest absolute Gasteiger partial charge is 0.253 e. The number of likely N-dealkylation sites (tertiary alicyclic amines) is 1. The summed E-state index contributed by atoms with van der Waals surface area (Å²) in [5.41, 5.74) is 2.00. The number of hydrogen-bond acceptors (Lipinski definition) is 1. The van der Waals surface area contributed by atoms with Crippen LogP contribution in [0.25, 0.3) is 0 Å². The fraction of sp³-hybridized carbons (Fsp3) is 0.462. The van der Waals surface area contributed by atoms with Crippen molar-refractivity contribution in [1.82, 2.24) is 4.90 Å². The van der Waals surface area contributed by atoms with Crippen molar-refractivity contribution in [1.29, 1.82) is 0 Å². The van der Waals surface area contributed by atoms with Gasteiger partial charge in [-0.05, 0) is 30.0 Å². The maximum atomic E-state index is 12.1. The minimum absolute atomic E-state index is 0.172. The molecule has 2 nitrogen and oxygen atoms in total. The molecule has 0 bridgehead atoms. The number of carbonyl (C=O) groups is 1. The fourth-order valence-electron chi connectivity index (χ4n) is 2.04. The average Bonchev–Trinajstić information content (AvgIpc) is 2.75. The second-order valence-electron chi connectivity index (χ2n) is 4.48. The van der Waals surface area contributed by atoms with Gasteiger partial charge in [0.1, 0.15) is 0 Å². The summed E-state index contributed by atoms with van der Waals surface area (Å²) in [4.78, 5) is 14.1. The molecule has 0 aliphatic carbocycles. The van der Waals surface area contributed by atoms with Crippen molar-refractivity contribution in [2.45, 2.75) is 18.7 Å². The van der Waals surface area contributed by atoms with Crippen molar-refractivity contribution < 1.29 is 4.79 Å². The number of nitrogens with zero attached hydrogens (tertiary/aromatic N) is 1. The van der Waals surface area contributed by atoms with Gasteiger partial charge in [0.25, 0.3) is 5.91 Å². The third-order valence-corrected chi connectivity index (χ3v) is 3.71. The zero-order valence-electron chi connectivity index (χ0n) is 9.45. The largest absolute Gasteiger partial charge is 0.338 e. The molecule has 1 amide bonds. The number of rotatable bonds is 2. The molecule has 16 heavy (non-hydrogen) atoms. The standard InChI is InChI=1S/C13H16BrNO/c1-10-6-7-15(9-10)13(16)12-4-2-11(8-14)3-5-12/h2-5,10H,6-9H2,1H3. The Kier molecular flexibility index (Phi) is 3.64. The summed E-state index contributed by atoms with van der Waals surface area (Å²) >= 11 is 3.40. The van der Waals surface area contributed by atoms with Gasteiger partial charge in [0.15, 0.2) is 0 Å². The van der Waals surface area contributed by atoms with Gasteiger partial charge < -0.3 is 4.90 Å². The molecule has 86 valence electrons. The van der Waals surface area contributed by atoms with Gasteiger partial charge in [-0.2, -0.15) is 0 Å². The molecule has 1 atom stereocenters. The molecule has 1 fully saturated rings. The van der Waals surface area contributed by atoms with Gasteiger partial charge in [-0.1, -0.05) is 35.0 Å². The highest BCUT2D eigenvalue weighted by molar-refractivity contribution is 9.08. The predicted octanol–water partition coefficient (Wildman–Crippen LogP) is 3.06. The molecule has 0 aromatic heterocycles. The Morgan fingerprint density at radius 3 is 2.62 bits per heavy atom. The normalized spacial score (nSPS) is 20.1. The van der Waals surface area contributed by atoms with Gasteiger partial charge in [-0.15, -0.1) is 0 Å². The summed E-state index contributed by atoms with van der Waals surface area (Å²) in [6.45, 7) is 4.00. The third-order valence-electron chi connectivity index (χ3n) is 3.07. The van der Waals surface area contributed by atoms with E-state index in [-0.39, 0.29) is 5.91 Å². The maximum absolute atomic E-state index is 12.1. The average molecular weight is 282 g/mol. The van der Waals surface area contributed by atoms with Crippen molar-refractivity contribution in [2.75, 3.05) is 13.1 Å². The summed E-state index contributed by atoms with van der Waals surface area (Å²) in [6.07, 6.45) is 1.13. The number of benzene rings is 1. The third kappa shape index (κ3) is 2.46. The molecule has 1 unspecified atom stereocenters. The van der Waals surface area contributed by atoms with Crippen molar-refractivity contribution in [3.8, 4) is 0 Å². The zero-order chi connectivity index (χ0) is 11.5. The van der Waals surface area contributed by atoms with Crippen LogP contribution in [0, 0.1) is 5.92 Å². The van der Waals surface area contributed by atoms with Gasteiger partial charge in [0, 0.05) is 24.0 Å². The van der Waals surface area contributed by atoms with Crippen LogP contribution in [0.5, 0.6) is 0 Å². The Hall–Kier alpha value is -0.830. The van der Waals surface area contributed by atoms with E-state index in [0.29, 0.717) is 5.92 Å². The molecule has 0 saturated carbocycles.